The first-order chi connectivity index (χ1) is 9.45. The van der Waals surface area contributed by atoms with Crippen LogP contribution in [0.5, 0.6) is 0 Å². The van der Waals surface area contributed by atoms with E-state index in [2.05, 4.69) is 10.3 Å². The molecule has 2 unspecified atom stereocenters. The van der Waals surface area contributed by atoms with E-state index in [4.69, 9.17) is 11.6 Å². The van der Waals surface area contributed by atoms with E-state index < -0.39 is 0 Å². The molecule has 0 bridgehead atoms. The van der Waals surface area contributed by atoms with Gasteiger partial charge in [0.15, 0.2) is 0 Å². The monoisotopic (exact) mass is 296 g/mol. The third-order valence-corrected chi connectivity index (χ3v) is 3.84. The number of pyridine rings is 1. The van der Waals surface area contributed by atoms with Crippen LogP contribution in [-0.2, 0) is 0 Å². The second-order valence-electron chi connectivity index (χ2n) is 5.75. The smallest absolute Gasteiger partial charge is 0.251 e. The van der Waals surface area contributed by atoms with Gasteiger partial charge in [0.25, 0.3) is 5.91 Å². The van der Waals surface area contributed by atoms with E-state index in [1.165, 1.54) is 0 Å². The molecular weight excluding hydrogens is 276 g/mol. The quantitative estimate of drug-likeness (QED) is 0.843. The molecule has 0 saturated heterocycles. The van der Waals surface area contributed by atoms with Crippen LogP contribution < -0.4 is 5.32 Å². The lowest BCUT2D eigenvalue weighted by Gasteiger charge is -2.26. The predicted octanol–water partition coefficient (Wildman–Crippen LogP) is 2.89. The van der Waals surface area contributed by atoms with E-state index in [-0.39, 0.29) is 24.0 Å². The average molecular weight is 297 g/mol. The van der Waals surface area contributed by atoms with Crippen LogP contribution in [0.4, 0.5) is 0 Å². The van der Waals surface area contributed by atoms with Gasteiger partial charge in [-0.25, -0.2) is 4.98 Å². The summed E-state index contributed by atoms with van der Waals surface area (Å²) in [5.74, 6) is 0.0760. The fraction of sp³-hybridized carbons (Fsp3) is 0.600. The van der Waals surface area contributed by atoms with Gasteiger partial charge < -0.3 is 10.4 Å². The molecule has 1 amide bonds. The van der Waals surface area contributed by atoms with Gasteiger partial charge in [-0.1, -0.05) is 25.4 Å². The topological polar surface area (TPSA) is 62.2 Å². The van der Waals surface area contributed by atoms with E-state index in [0.717, 1.165) is 25.0 Å². The molecule has 1 aliphatic rings. The average Bonchev–Trinajstić information content (AvgIpc) is 2.37. The summed E-state index contributed by atoms with van der Waals surface area (Å²) in [5, 5.41) is 13.0. The highest BCUT2D eigenvalue weighted by Crippen LogP contribution is 2.20. The number of carbonyl (C=O) groups is 1. The number of amides is 1. The minimum atomic E-state index is -0.304. The number of hydrogen-bond donors (Lipinski definition) is 2. The summed E-state index contributed by atoms with van der Waals surface area (Å²) in [6.07, 6.45) is 3.01. The highest BCUT2D eigenvalue weighted by Gasteiger charge is 2.22. The summed E-state index contributed by atoms with van der Waals surface area (Å²) < 4.78 is 0. The van der Waals surface area contributed by atoms with Gasteiger partial charge in [0.2, 0.25) is 0 Å². The molecule has 1 saturated carbocycles. The van der Waals surface area contributed by atoms with Crippen LogP contribution in [0.3, 0.4) is 0 Å². The maximum absolute atomic E-state index is 12.3. The molecule has 1 aromatic rings. The Morgan fingerprint density at radius 2 is 2.20 bits per heavy atom. The van der Waals surface area contributed by atoms with E-state index in [9.17, 15) is 9.90 Å². The molecule has 2 rings (SSSR count). The van der Waals surface area contributed by atoms with Crippen molar-refractivity contribution in [3.05, 3.63) is 28.5 Å². The van der Waals surface area contributed by atoms with Crippen molar-refractivity contribution < 1.29 is 9.90 Å². The number of nitrogens with zero attached hydrogens (tertiary/aromatic N) is 1. The molecule has 110 valence electrons. The van der Waals surface area contributed by atoms with Crippen molar-refractivity contribution >= 4 is 17.5 Å². The summed E-state index contributed by atoms with van der Waals surface area (Å²) in [4.78, 5) is 16.5. The minimum absolute atomic E-state index is 0.0423. The fourth-order valence-electron chi connectivity index (χ4n) is 2.51. The second-order valence-corrected chi connectivity index (χ2v) is 6.14. The number of nitrogens with one attached hydrogen (secondary N) is 1. The number of rotatable bonds is 3. The van der Waals surface area contributed by atoms with Gasteiger partial charge in [0.05, 0.1) is 6.10 Å². The first-order valence-corrected chi connectivity index (χ1v) is 7.50. The van der Waals surface area contributed by atoms with Crippen LogP contribution in [0.15, 0.2) is 12.1 Å². The molecule has 0 aromatic carbocycles. The molecule has 0 spiro atoms. The molecule has 0 aliphatic heterocycles. The van der Waals surface area contributed by atoms with E-state index in [0.29, 0.717) is 17.1 Å². The van der Waals surface area contributed by atoms with E-state index in [1.54, 1.807) is 12.1 Å². The maximum atomic E-state index is 12.3. The van der Waals surface area contributed by atoms with Crippen molar-refractivity contribution in [2.75, 3.05) is 0 Å². The molecule has 2 atom stereocenters. The van der Waals surface area contributed by atoms with Gasteiger partial charge in [-0.2, -0.15) is 0 Å². The molecule has 5 heteroatoms. The molecule has 20 heavy (non-hydrogen) atoms. The highest BCUT2D eigenvalue weighted by atomic mass is 35.5. The summed E-state index contributed by atoms with van der Waals surface area (Å²) >= 11 is 5.97. The predicted molar refractivity (Wildman–Crippen MR) is 79.1 cm³/mol. The van der Waals surface area contributed by atoms with Crippen molar-refractivity contribution in [1.82, 2.24) is 10.3 Å². The third kappa shape index (κ3) is 3.93. The summed E-state index contributed by atoms with van der Waals surface area (Å²) in [6.45, 7) is 4.02. The first kappa shape index (κ1) is 15.3. The standard InChI is InChI=1S/C15H21ClN2O2/c1-9(2)13-6-10(7-14(16)18-13)15(20)17-11-4-3-5-12(19)8-11/h6-7,9,11-12,19H,3-5,8H2,1-2H3,(H,17,20). The third-order valence-electron chi connectivity index (χ3n) is 3.65. The first-order valence-electron chi connectivity index (χ1n) is 7.12. The zero-order chi connectivity index (χ0) is 14.7. The molecule has 1 fully saturated rings. The van der Waals surface area contributed by atoms with Crippen LogP contribution in [0.2, 0.25) is 5.15 Å². The summed E-state index contributed by atoms with van der Waals surface area (Å²) in [5.41, 5.74) is 1.35. The Morgan fingerprint density at radius 1 is 1.45 bits per heavy atom. The lowest BCUT2D eigenvalue weighted by atomic mass is 9.93. The lowest BCUT2D eigenvalue weighted by molar-refractivity contribution is 0.0849. The molecular formula is C15H21ClN2O2. The zero-order valence-electron chi connectivity index (χ0n) is 11.9. The number of aliphatic hydroxyl groups is 1. The van der Waals surface area contributed by atoms with Crippen LogP contribution in [0.25, 0.3) is 0 Å². The van der Waals surface area contributed by atoms with E-state index >= 15 is 0 Å². The van der Waals surface area contributed by atoms with Crippen molar-refractivity contribution in [3.63, 3.8) is 0 Å². The number of halogens is 1. The molecule has 0 radical (unpaired) electrons. The SMILES string of the molecule is CC(C)c1cc(C(=O)NC2CCCC(O)C2)cc(Cl)n1. The largest absolute Gasteiger partial charge is 0.393 e. The molecule has 2 N–H and O–H groups in total. The van der Waals surface area contributed by atoms with Gasteiger partial charge in [0, 0.05) is 17.3 Å². The van der Waals surface area contributed by atoms with Crippen molar-refractivity contribution in [1.29, 1.82) is 0 Å². The van der Waals surface area contributed by atoms with Crippen molar-refractivity contribution in [3.8, 4) is 0 Å². The number of hydrogen-bond acceptors (Lipinski definition) is 3. The molecule has 1 heterocycles. The molecule has 4 nitrogen and oxygen atoms in total. The van der Waals surface area contributed by atoms with Crippen LogP contribution in [0.1, 0.15) is 61.5 Å². The Kier molecular flexibility index (Phi) is 5.00. The van der Waals surface area contributed by atoms with Gasteiger partial charge in [0.1, 0.15) is 5.15 Å². The molecule has 1 aliphatic carbocycles. The van der Waals surface area contributed by atoms with Crippen molar-refractivity contribution in [2.24, 2.45) is 0 Å². The summed E-state index contributed by atoms with van der Waals surface area (Å²) in [7, 11) is 0. The Morgan fingerprint density at radius 3 is 2.85 bits per heavy atom. The van der Waals surface area contributed by atoms with Crippen LogP contribution in [0, 0.1) is 0 Å². The summed E-state index contributed by atoms with van der Waals surface area (Å²) in [6, 6.07) is 3.41. The highest BCUT2D eigenvalue weighted by molar-refractivity contribution is 6.29. The van der Waals surface area contributed by atoms with Crippen LogP contribution in [-0.4, -0.2) is 28.1 Å². The van der Waals surface area contributed by atoms with E-state index in [1.807, 2.05) is 13.8 Å². The van der Waals surface area contributed by atoms with Crippen LogP contribution >= 0.6 is 11.6 Å². The number of carbonyl (C=O) groups excluding carboxylic acids is 1. The zero-order valence-corrected chi connectivity index (χ0v) is 12.7. The maximum Gasteiger partial charge on any atom is 0.251 e. The Hall–Kier alpha value is -1.13. The molecule has 1 aromatic heterocycles. The fourth-order valence-corrected chi connectivity index (χ4v) is 2.72. The van der Waals surface area contributed by atoms with Gasteiger partial charge in [-0.3, -0.25) is 4.79 Å². The number of aromatic nitrogens is 1. The van der Waals surface area contributed by atoms with Gasteiger partial charge in [-0.15, -0.1) is 0 Å². The minimum Gasteiger partial charge on any atom is -0.393 e. The van der Waals surface area contributed by atoms with Gasteiger partial charge in [-0.05, 0) is 43.7 Å². The Bertz CT molecular complexity index is 491. The normalized spacial score (nSPS) is 22.9. The lowest BCUT2D eigenvalue weighted by Crippen LogP contribution is -2.39. The Balaban J connectivity index is 2.08. The van der Waals surface area contributed by atoms with Crippen molar-refractivity contribution in [2.45, 2.75) is 57.6 Å². The number of aliphatic hydroxyl groups excluding tert-OH is 1. The second kappa shape index (κ2) is 6.55. The van der Waals surface area contributed by atoms with Gasteiger partial charge >= 0.3 is 0 Å². The Labute approximate surface area is 124 Å².